The lowest BCUT2D eigenvalue weighted by molar-refractivity contribution is -0.145. The van der Waals surface area contributed by atoms with E-state index in [0.29, 0.717) is 18.4 Å². The Kier molecular flexibility index (Phi) is 2.54. The highest BCUT2D eigenvalue weighted by atomic mass is 16.5. The summed E-state index contributed by atoms with van der Waals surface area (Å²) < 4.78 is 5.04. The first-order valence-electron chi connectivity index (χ1n) is 5.22. The molecular weight excluding hydrogens is 166 g/mol. The Morgan fingerprint density at radius 3 is 2.54 bits per heavy atom. The van der Waals surface area contributed by atoms with Crippen molar-refractivity contribution in [3.63, 3.8) is 0 Å². The molecule has 1 heterocycles. The first kappa shape index (κ1) is 9.00. The van der Waals surface area contributed by atoms with Crippen molar-refractivity contribution < 1.29 is 9.53 Å². The Morgan fingerprint density at radius 1 is 1.38 bits per heavy atom. The average molecular weight is 183 g/mol. The maximum Gasteiger partial charge on any atom is 0.309 e. The minimum atomic E-state index is 0.0411. The molecule has 2 aliphatic rings. The first-order chi connectivity index (χ1) is 6.34. The van der Waals surface area contributed by atoms with Crippen molar-refractivity contribution >= 4 is 5.97 Å². The molecule has 3 heteroatoms. The molecule has 0 aromatic rings. The zero-order chi connectivity index (χ0) is 9.26. The Bertz CT molecular complexity index is 193. The van der Waals surface area contributed by atoms with Crippen LogP contribution in [0.15, 0.2) is 0 Å². The second-order valence-corrected chi connectivity index (χ2v) is 3.93. The van der Waals surface area contributed by atoms with Gasteiger partial charge < -0.3 is 10.1 Å². The highest BCUT2D eigenvalue weighted by Crippen LogP contribution is 2.51. The summed E-state index contributed by atoms with van der Waals surface area (Å²) in [7, 11) is 0. The average Bonchev–Trinajstić information content (AvgIpc) is 2.77. The van der Waals surface area contributed by atoms with Crippen molar-refractivity contribution in [2.45, 2.75) is 19.8 Å². The van der Waals surface area contributed by atoms with Gasteiger partial charge in [-0.05, 0) is 44.7 Å². The van der Waals surface area contributed by atoms with Crippen molar-refractivity contribution in [1.29, 1.82) is 0 Å². The topological polar surface area (TPSA) is 38.3 Å². The molecule has 0 aromatic heterocycles. The Labute approximate surface area is 78.8 Å². The molecule has 13 heavy (non-hydrogen) atoms. The van der Waals surface area contributed by atoms with Gasteiger partial charge >= 0.3 is 5.97 Å². The van der Waals surface area contributed by atoms with Crippen LogP contribution >= 0.6 is 0 Å². The fourth-order valence-electron chi connectivity index (χ4n) is 2.48. The predicted octanol–water partition coefficient (Wildman–Crippen LogP) is 0.795. The quantitative estimate of drug-likeness (QED) is 0.643. The van der Waals surface area contributed by atoms with E-state index in [4.69, 9.17) is 4.74 Å². The fraction of sp³-hybridized carbons (Fsp3) is 0.900. The van der Waals surface area contributed by atoms with E-state index in [0.717, 1.165) is 25.9 Å². The first-order valence-corrected chi connectivity index (χ1v) is 5.22. The van der Waals surface area contributed by atoms with Crippen LogP contribution in [0.1, 0.15) is 19.8 Å². The number of rotatable bonds is 2. The van der Waals surface area contributed by atoms with E-state index < -0.39 is 0 Å². The molecule has 1 aliphatic carbocycles. The van der Waals surface area contributed by atoms with E-state index in [9.17, 15) is 4.79 Å². The van der Waals surface area contributed by atoms with Crippen LogP contribution in [0.4, 0.5) is 0 Å². The Hall–Kier alpha value is -0.570. The summed E-state index contributed by atoms with van der Waals surface area (Å²) in [6, 6.07) is 0. The van der Waals surface area contributed by atoms with Gasteiger partial charge in [0, 0.05) is 0 Å². The summed E-state index contributed by atoms with van der Waals surface area (Å²) >= 11 is 0. The van der Waals surface area contributed by atoms with Gasteiger partial charge in [-0.3, -0.25) is 4.79 Å². The SMILES string of the molecule is CCOC(=O)C1[C@H]2CCNCC[C@@H]12. The number of ether oxygens (including phenoxy) is 1. The van der Waals surface area contributed by atoms with Gasteiger partial charge in [-0.25, -0.2) is 0 Å². The third-order valence-corrected chi connectivity index (χ3v) is 3.20. The van der Waals surface area contributed by atoms with E-state index in [1.807, 2.05) is 6.92 Å². The number of hydrogen-bond donors (Lipinski definition) is 1. The molecule has 3 atom stereocenters. The molecule has 0 bridgehead atoms. The number of fused-ring (bicyclic) bond motifs is 1. The molecular formula is C10H17NO2. The molecule has 1 saturated carbocycles. The van der Waals surface area contributed by atoms with Crippen molar-refractivity contribution in [2.24, 2.45) is 17.8 Å². The molecule has 0 aromatic carbocycles. The van der Waals surface area contributed by atoms with Gasteiger partial charge in [0.05, 0.1) is 12.5 Å². The smallest absolute Gasteiger partial charge is 0.309 e. The molecule has 1 N–H and O–H groups in total. The third kappa shape index (κ3) is 1.70. The molecule has 0 amide bonds. The lowest BCUT2D eigenvalue weighted by Gasteiger charge is -2.03. The third-order valence-electron chi connectivity index (χ3n) is 3.20. The maximum absolute atomic E-state index is 11.4. The summed E-state index contributed by atoms with van der Waals surface area (Å²) in [5.41, 5.74) is 0. The van der Waals surface area contributed by atoms with Gasteiger partial charge in [0.25, 0.3) is 0 Å². The molecule has 0 spiro atoms. The Balaban J connectivity index is 1.87. The maximum atomic E-state index is 11.4. The molecule has 1 saturated heterocycles. The number of esters is 1. The van der Waals surface area contributed by atoms with Crippen molar-refractivity contribution in [3.8, 4) is 0 Å². The van der Waals surface area contributed by atoms with Gasteiger partial charge in [0.2, 0.25) is 0 Å². The largest absolute Gasteiger partial charge is 0.466 e. The summed E-state index contributed by atoms with van der Waals surface area (Å²) in [5.74, 6) is 1.52. The molecule has 3 nitrogen and oxygen atoms in total. The van der Waals surface area contributed by atoms with Crippen LogP contribution in [-0.2, 0) is 9.53 Å². The van der Waals surface area contributed by atoms with Crippen LogP contribution in [0.25, 0.3) is 0 Å². The Morgan fingerprint density at radius 2 is 2.00 bits per heavy atom. The zero-order valence-corrected chi connectivity index (χ0v) is 8.08. The minimum absolute atomic E-state index is 0.0411. The van der Waals surface area contributed by atoms with Crippen molar-refractivity contribution in [3.05, 3.63) is 0 Å². The van der Waals surface area contributed by atoms with E-state index in [2.05, 4.69) is 5.32 Å². The van der Waals surface area contributed by atoms with Gasteiger partial charge in [0.15, 0.2) is 0 Å². The normalized spacial score (nSPS) is 37.5. The summed E-state index contributed by atoms with van der Waals surface area (Å²) in [6.07, 6.45) is 2.29. The fourth-order valence-corrected chi connectivity index (χ4v) is 2.48. The van der Waals surface area contributed by atoms with E-state index in [-0.39, 0.29) is 11.9 Å². The predicted molar refractivity (Wildman–Crippen MR) is 49.2 cm³/mol. The highest BCUT2D eigenvalue weighted by Gasteiger charge is 2.54. The molecule has 0 radical (unpaired) electrons. The van der Waals surface area contributed by atoms with E-state index in [1.165, 1.54) is 0 Å². The minimum Gasteiger partial charge on any atom is -0.466 e. The summed E-state index contributed by atoms with van der Waals surface area (Å²) in [5, 5.41) is 3.35. The molecule has 74 valence electrons. The van der Waals surface area contributed by atoms with Gasteiger partial charge in [-0.1, -0.05) is 0 Å². The van der Waals surface area contributed by atoms with Gasteiger partial charge in [-0.2, -0.15) is 0 Å². The van der Waals surface area contributed by atoms with Crippen molar-refractivity contribution in [1.82, 2.24) is 5.32 Å². The van der Waals surface area contributed by atoms with Crippen LogP contribution in [0.2, 0.25) is 0 Å². The highest BCUT2D eigenvalue weighted by molar-refractivity contribution is 5.76. The van der Waals surface area contributed by atoms with Gasteiger partial charge in [-0.15, -0.1) is 0 Å². The van der Waals surface area contributed by atoms with Crippen LogP contribution in [0.3, 0.4) is 0 Å². The van der Waals surface area contributed by atoms with Crippen LogP contribution in [0.5, 0.6) is 0 Å². The lowest BCUT2D eigenvalue weighted by Crippen LogP contribution is -2.18. The number of hydrogen-bond acceptors (Lipinski definition) is 3. The molecule has 2 fully saturated rings. The number of carbonyl (C=O) groups excluding carboxylic acids is 1. The molecule has 1 aliphatic heterocycles. The van der Waals surface area contributed by atoms with Crippen LogP contribution in [-0.4, -0.2) is 25.7 Å². The van der Waals surface area contributed by atoms with Crippen LogP contribution < -0.4 is 5.32 Å². The number of nitrogens with one attached hydrogen (secondary N) is 1. The zero-order valence-electron chi connectivity index (χ0n) is 8.08. The van der Waals surface area contributed by atoms with Gasteiger partial charge in [0.1, 0.15) is 0 Å². The van der Waals surface area contributed by atoms with Crippen molar-refractivity contribution in [2.75, 3.05) is 19.7 Å². The molecule has 2 rings (SSSR count). The number of carbonyl (C=O) groups is 1. The second-order valence-electron chi connectivity index (χ2n) is 3.93. The standard InChI is InChI=1S/C10H17NO2/c1-2-13-10(12)9-7-3-5-11-6-4-8(7)9/h7-9,11H,2-6H2,1H3/t7-,8+,9?. The lowest BCUT2D eigenvalue weighted by atomic mass is 10.2. The molecule has 1 unspecified atom stereocenters. The monoisotopic (exact) mass is 183 g/mol. The van der Waals surface area contributed by atoms with E-state index in [1.54, 1.807) is 0 Å². The second kappa shape index (κ2) is 3.66. The summed E-state index contributed by atoms with van der Waals surface area (Å²) in [6.45, 7) is 4.53. The summed E-state index contributed by atoms with van der Waals surface area (Å²) in [4.78, 5) is 11.4. The van der Waals surface area contributed by atoms with Crippen LogP contribution in [0, 0.1) is 17.8 Å². The van der Waals surface area contributed by atoms with E-state index >= 15 is 0 Å².